The molecule has 0 saturated carbocycles. The van der Waals surface area contributed by atoms with Crippen molar-refractivity contribution in [3.63, 3.8) is 0 Å². The van der Waals surface area contributed by atoms with Crippen molar-refractivity contribution in [2.24, 2.45) is 5.92 Å². The summed E-state index contributed by atoms with van der Waals surface area (Å²) in [5.74, 6) is -1.38. The van der Waals surface area contributed by atoms with Crippen molar-refractivity contribution in [2.75, 3.05) is 18.4 Å². The van der Waals surface area contributed by atoms with Crippen molar-refractivity contribution in [3.8, 4) is 0 Å². The third-order valence-electron chi connectivity index (χ3n) is 3.68. The Balaban J connectivity index is 2.02. The van der Waals surface area contributed by atoms with Crippen LogP contribution < -0.4 is 5.32 Å². The highest BCUT2D eigenvalue weighted by Crippen LogP contribution is 2.19. The quantitative estimate of drug-likeness (QED) is 0.835. The van der Waals surface area contributed by atoms with Crippen molar-refractivity contribution >= 4 is 23.5 Å². The van der Waals surface area contributed by atoms with Gasteiger partial charge in [0.1, 0.15) is 0 Å². The first-order chi connectivity index (χ1) is 9.88. The number of rotatable bonds is 3. The smallest absolute Gasteiger partial charge is 0.321 e. The normalized spacial score (nSPS) is 17.6. The number of urea groups is 1. The summed E-state index contributed by atoms with van der Waals surface area (Å²) in [5, 5.41) is 11.7. The zero-order valence-corrected chi connectivity index (χ0v) is 12.0. The number of carboxylic acids is 1. The monoisotopic (exact) mass is 290 g/mol. The highest BCUT2D eigenvalue weighted by molar-refractivity contribution is 5.97. The molecular formula is C15H18N2O4. The van der Waals surface area contributed by atoms with Crippen LogP contribution in [0.25, 0.3) is 0 Å². The number of nitrogens with zero attached hydrogens (tertiary/aromatic N) is 1. The fourth-order valence-electron chi connectivity index (χ4n) is 2.49. The van der Waals surface area contributed by atoms with Gasteiger partial charge in [-0.25, -0.2) is 4.79 Å². The van der Waals surface area contributed by atoms with E-state index in [0.717, 1.165) is 5.56 Å². The Morgan fingerprint density at radius 1 is 1.33 bits per heavy atom. The van der Waals surface area contributed by atoms with Gasteiger partial charge in [-0.1, -0.05) is 0 Å². The Kier molecular flexibility index (Phi) is 4.26. The van der Waals surface area contributed by atoms with Crippen LogP contribution in [0.5, 0.6) is 0 Å². The zero-order valence-electron chi connectivity index (χ0n) is 12.0. The Bertz CT molecular complexity index is 597. The molecule has 1 aromatic rings. The van der Waals surface area contributed by atoms with Gasteiger partial charge in [-0.3, -0.25) is 9.59 Å². The molecule has 1 saturated heterocycles. The van der Waals surface area contributed by atoms with Crippen LogP contribution in [0.3, 0.4) is 0 Å². The molecule has 1 unspecified atom stereocenters. The van der Waals surface area contributed by atoms with E-state index in [2.05, 4.69) is 5.32 Å². The van der Waals surface area contributed by atoms with Gasteiger partial charge in [0.25, 0.3) is 0 Å². The third kappa shape index (κ3) is 3.39. The maximum atomic E-state index is 12.1. The van der Waals surface area contributed by atoms with Crippen LogP contribution >= 0.6 is 0 Å². The Morgan fingerprint density at radius 3 is 2.57 bits per heavy atom. The van der Waals surface area contributed by atoms with Gasteiger partial charge in [-0.05, 0) is 44.0 Å². The lowest BCUT2D eigenvalue weighted by molar-refractivity contribution is -0.141. The number of hydrogen-bond acceptors (Lipinski definition) is 3. The standard InChI is InChI=1S/C15H18N2O4/c1-9-7-12(3-4-13(9)10(2)18)16-15(21)17-6-5-11(8-17)14(19)20/h3-4,7,11H,5-6,8H2,1-2H3,(H,16,21)(H,19,20). The van der Waals surface area contributed by atoms with E-state index in [4.69, 9.17) is 5.11 Å². The van der Waals surface area contributed by atoms with E-state index in [1.165, 1.54) is 11.8 Å². The second kappa shape index (κ2) is 5.95. The molecule has 0 radical (unpaired) electrons. The molecule has 1 fully saturated rings. The Morgan fingerprint density at radius 2 is 2.05 bits per heavy atom. The average molecular weight is 290 g/mol. The second-order valence-electron chi connectivity index (χ2n) is 5.29. The minimum Gasteiger partial charge on any atom is -0.481 e. The van der Waals surface area contributed by atoms with Crippen LogP contribution in [0.2, 0.25) is 0 Å². The molecule has 1 aliphatic rings. The molecule has 2 rings (SSSR count). The van der Waals surface area contributed by atoms with E-state index in [0.29, 0.717) is 24.2 Å². The van der Waals surface area contributed by atoms with Crippen molar-refractivity contribution < 1.29 is 19.5 Å². The molecule has 0 aliphatic carbocycles. The SMILES string of the molecule is CC(=O)c1ccc(NC(=O)N2CCC(C(=O)O)C2)cc1C. The fraction of sp³-hybridized carbons (Fsp3) is 0.400. The molecular weight excluding hydrogens is 272 g/mol. The molecule has 6 nitrogen and oxygen atoms in total. The number of nitrogens with one attached hydrogen (secondary N) is 1. The average Bonchev–Trinajstić information content (AvgIpc) is 2.88. The molecule has 21 heavy (non-hydrogen) atoms. The number of anilines is 1. The van der Waals surface area contributed by atoms with Crippen molar-refractivity contribution in [3.05, 3.63) is 29.3 Å². The van der Waals surface area contributed by atoms with Gasteiger partial charge >= 0.3 is 12.0 Å². The van der Waals surface area contributed by atoms with Gasteiger partial charge < -0.3 is 15.3 Å². The van der Waals surface area contributed by atoms with Gasteiger partial charge in [0.05, 0.1) is 5.92 Å². The minimum atomic E-state index is -0.869. The number of ketones is 1. The van der Waals surface area contributed by atoms with Gasteiger partial charge in [-0.2, -0.15) is 0 Å². The number of Topliss-reactive ketones (excluding diaryl/α,β-unsaturated/α-hetero) is 1. The molecule has 2 N–H and O–H groups in total. The summed E-state index contributed by atoms with van der Waals surface area (Å²) in [7, 11) is 0. The topological polar surface area (TPSA) is 86.7 Å². The third-order valence-corrected chi connectivity index (χ3v) is 3.68. The molecule has 1 aromatic carbocycles. The van der Waals surface area contributed by atoms with Crippen LogP contribution in [0, 0.1) is 12.8 Å². The van der Waals surface area contributed by atoms with Crippen LogP contribution in [0.1, 0.15) is 29.3 Å². The van der Waals surface area contributed by atoms with Crippen LogP contribution in [-0.2, 0) is 4.79 Å². The Labute approximate surface area is 122 Å². The molecule has 6 heteroatoms. The van der Waals surface area contributed by atoms with E-state index < -0.39 is 11.9 Å². The highest BCUT2D eigenvalue weighted by Gasteiger charge is 2.30. The molecule has 2 amide bonds. The first-order valence-corrected chi connectivity index (χ1v) is 6.79. The number of likely N-dealkylation sites (tertiary alicyclic amines) is 1. The first kappa shape index (κ1) is 15.0. The maximum Gasteiger partial charge on any atom is 0.321 e. The van der Waals surface area contributed by atoms with Crippen LogP contribution in [0.15, 0.2) is 18.2 Å². The summed E-state index contributed by atoms with van der Waals surface area (Å²) in [4.78, 5) is 35.8. The van der Waals surface area contributed by atoms with Crippen molar-refractivity contribution in [1.82, 2.24) is 4.90 Å². The van der Waals surface area contributed by atoms with E-state index in [9.17, 15) is 14.4 Å². The van der Waals surface area contributed by atoms with Gasteiger partial charge in [0.2, 0.25) is 0 Å². The number of aliphatic carboxylic acids is 1. The van der Waals surface area contributed by atoms with Crippen LogP contribution in [0.4, 0.5) is 10.5 Å². The zero-order chi connectivity index (χ0) is 15.6. The van der Waals surface area contributed by atoms with Crippen molar-refractivity contribution in [2.45, 2.75) is 20.3 Å². The van der Waals surface area contributed by atoms with Gasteiger partial charge in [-0.15, -0.1) is 0 Å². The molecule has 0 aromatic heterocycles. The first-order valence-electron chi connectivity index (χ1n) is 6.79. The minimum absolute atomic E-state index is 0.0192. The van der Waals surface area contributed by atoms with E-state index in [1.54, 1.807) is 18.2 Å². The molecule has 0 bridgehead atoms. The fourth-order valence-corrected chi connectivity index (χ4v) is 2.49. The van der Waals surface area contributed by atoms with E-state index in [-0.39, 0.29) is 18.4 Å². The number of aryl methyl sites for hydroxylation is 1. The van der Waals surface area contributed by atoms with Gasteiger partial charge in [0, 0.05) is 24.3 Å². The number of amides is 2. The predicted octanol–water partition coefficient (Wildman–Crippen LogP) is 2.14. The van der Waals surface area contributed by atoms with Crippen molar-refractivity contribution in [1.29, 1.82) is 0 Å². The number of hydrogen-bond donors (Lipinski definition) is 2. The van der Waals surface area contributed by atoms with Gasteiger partial charge in [0.15, 0.2) is 5.78 Å². The summed E-state index contributed by atoms with van der Waals surface area (Å²) in [6, 6.07) is 4.78. The largest absolute Gasteiger partial charge is 0.481 e. The molecule has 0 spiro atoms. The van der Waals surface area contributed by atoms with E-state index in [1.807, 2.05) is 6.92 Å². The molecule has 1 atom stereocenters. The maximum absolute atomic E-state index is 12.1. The second-order valence-corrected chi connectivity index (χ2v) is 5.29. The highest BCUT2D eigenvalue weighted by atomic mass is 16.4. The molecule has 1 heterocycles. The summed E-state index contributed by atoms with van der Waals surface area (Å²) in [6.45, 7) is 3.97. The molecule has 1 aliphatic heterocycles. The summed E-state index contributed by atoms with van der Waals surface area (Å²) in [5.41, 5.74) is 2.02. The number of carboxylic acid groups (broad SMARTS) is 1. The lowest BCUT2D eigenvalue weighted by atomic mass is 10.1. The number of carbonyl (C=O) groups is 3. The van der Waals surface area contributed by atoms with Crippen LogP contribution in [-0.4, -0.2) is 40.9 Å². The lowest BCUT2D eigenvalue weighted by Crippen LogP contribution is -2.33. The number of carbonyl (C=O) groups excluding carboxylic acids is 2. The summed E-state index contributed by atoms with van der Waals surface area (Å²) in [6.07, 6.45) is 0.477. The molecule has 112 valence electrons. The predicted molar refractivity (Wildman–Crippen MR) is 77.5 cm³/mol. The Hall–Kier alpha value is -2.37. The summed E-state index contributed by atoms with van der Waals surface area (Å²) < 4.78 is 0. The summed E-state index contributed by atoms with van der Waals surface area (Å²) >= 11 is 0. The number of benzene rings is 1. The van der Waals surface area contributed by atoms with E-state index >= 15 is 0 Å². The lowest BCUT2D eigenvalue weighted by Gasteiger charge is -2.17.